The lowest BCUT2D eigenvalue weighted by atomic mass is 10.1. The van der Waals surface area contributed by atoms with Gasteiger partial charge in [-0.25, -0.2) is 0 Å². The van der Waals surface area contributed by atoms with E-state index in [0.29, 0.717) is 0 Å². The second kappa shape index (κ2) is 5.71. The minimum atomic E-state index is 1.10. The Labute approximate surface area is 102 Å². The third kappa shape index (κ3) is 3.00. The predicted octanol–water partition coefficient (Wildman–Crippen LogP) is 2.12. The van der Waals surface area contributed by atoms with Gasteiger partial charge in [0.1, 0.15) is 0 Å². The van der Waals surface area contributed by atoms with Crippen LogP contribution < -0.4 is 5.32 Å². The summed E-state index contributed by atoms with van der Waals surface area (Å²) in [6, 6.07) is 6.78. The van der Waals surface area contributed by atoms with Gasteiger partial charge in [-0.15, -0.1) is 11.8 Å². The fraction of sp³-hybridized carbons (Fsp3) is 0.538. The summed E-state index contributed by atoms with van der Waals surface area (Å²) >= 11 is 1.85. The van der Waals surface area contributed by atoms with E-state index in [1.807, 2.05) is 11.8 Å². The number of aryl methyl sites for hydroxylation is 1. The zero-order valence-electron chi connectivity index (χ0n) is 10.1. The van der Waals surface area contributed by atoms with E-state index >= 15 is 0 Å². The van der Waals surface area contributed by atoms with E-state index in [2.05, 4.69) is 41.6 Å². The van der Waals surface area contributed by atoms with Gasteiger partial charge in [-0.2, -0.15) is 0 Å². The molecule has 0 atom stereocenters. The largest absolute Gasteiger partial charge is 0.314 e. The van der Waals surface area contributed by atoms with E-state index in [0.717, 1.165) is 19.6 Å². The third-order valence-electron chi connectivity index (χ3n) is 3.04. The van der Waals surface area contributed by atoms with Crippen molar-refractivity contribution in [2.24, 2.45) is 0 Å². The average molecular weight is 236 g/mol. The van der Waals surface area contributed by atoms with Gasteiger partial charge >= 0.3 is 0 Å². The first-order valence-electron chi connectivity index (χ1n) is 5.86. The number of nitrogens with one attached hydrogen (secondary N) is 1. The minimum Gasteiger partial charge on any atom is -0.314 e. The molecular formula is C13H20N2S. The molecule has 0 aromatic heterocycles. The van der Waals surface area contributed by atoms with Crippen molar-refractivity contribution < 1.29 is 0 Å². The lowest BCUT2D eigenvalue weighted by Crippen LogP contribution is -2.42. The summed E-state index contributed by atoms with van der Waals surface area (Å²) in [5, 5.41) is 3.39. The number of rotatable bonds is 3. The first-order valence-corrected chi connectivity index (χ1v) is 7.08. The highest BCUT2D eigenvalue weighted by atomic mass is 32.2. The number of thioether (sulfide) groups is 1. The fourth-order valence-electron chi connectivity index (χ4n) is 2.14. The number of hydrogen-bond donors (Lipinski definition) is 1. The highest BCUT2D eigenvalue weighted by molar-refractivity contribution is 7.98. The molecule has 0 unspecified atom stereocenters. The van der Waals surface area contributed by atoms with Gasteiger partial charge in [-0.3, -0.25) is 4.90 Å². The number of nitrogens with zero attached hydrogens (tertiary/aromatic N) is 1. The maximum absolute atomic E-state index is 3.39. The molecule has 0 bridgehead atoms. The van der Waals surface area contributed by atoms with E-state index in [4.69, 9.17) is 0 Å². The van der Waals surface area contributed by atoms with Gasteiger partial charge in [0.2, 0.25) is 0 Å². The van der Waals surface area contributed by atoms with E-state index in [1.165, 1.54) is 29.1 Å². The van der Waals surface area contributed by atoms with Crippen LogP contribution in [0.3, 0.4) is 0 Å². The van der Waals surface area contributed by atoms with E-state index < -0.39 is 0 Å². The molecule has 1 heterocycles. The molecule has 1 N–H and O–H groups in total. The topological polar surface area (TPSA) is 15.3 Å². The number of benzene rings is 1. The molecule has 1 aromatic rings. The molecule has 1 aliphatic rings. The highest BCUT2D eigenvalue weighted by Gasteiger charge is 2.11. The first kappa shape index (κ1) is 12.0. The number of hydrogen-bond acceptors (Lipinski definition) is 3. The van der Waals surface area contributed by atoms with E-state index in [9.17, 15) is 0 Å². The van der Waals surface area contributed by atoms with Crippen LogP contribution in [0.2, 0.25) is 0 Å². The third-order valence-corrected chi connectivity index (χ3v) is 3.88. The second-order valence-electron chi connectivity index (χ2n) is 4.34. The Morgan fingerprint density at radius 1 is 1.31 bits per heavy atom. The van der Waals surface area contributed by atoms with Crippen LogP contribution in [0, 0.1) is 6.92 Å². The summed E-state index contributed by atoms with van der Waals surface area (Å²) in [6.07, 6.45) is 2.16. The van der Waals surface area contributed by atoms with Gasteiger partial charge in [0.25, 0.3) is 0 Å². The highest BCUT2D eigenvalue weighted by Crippen LogP contribution is 2.23. The van der Waals surface area contributed by atoms with E-state index in [1.54, 1.807) is 0 Å². The van der Waals surface area contributed by atoms with Crippen LogP contribution in [0.25, 0.3) is 0 Å². The molecule has 0 spiro atoms. The Morgan fingerprint density at radius 3 is 2.75 bits per heavy atom. The van der Waals surface area contributed by atoms with Gasteiger partial charge in [-0.1, -0.05) is 17.7 Å². The SMILES string of the molecule is CSc1ccc(C)cc1CN1CCNCC1. The van der Waals surface area contributed by atoms with Crippen LogP contribution in [0.1, 0.15) is 11.1 Å². The molecule has 2 nitrogen and oxygen atoms in total. The smallest absolute Gasteiger partial charge is 0.0246 e. The molecule has 16 heavy (non-hydrogen) atoms. The summed E-state index contributed by atoms with van der Waals surface area (Å²) in [7, 11) is 0. The Morgan fingerprint density at radius 2 is 2.06 bits per heavy atom. The van der Waals surface area contributed by atoms with Crippen molar-refractivity contribution in [3.05, 3.63) is 29.3 Å². The second-order valence-corrected chi connectivity index (χ2v) is 5.19. The summed E-state index contributed by atoms with van der Waals surface area (Å²) in [5.74, 6) is 0. The predicted molar refractivity (Wildman–Crippen MR) is 71.1 cm³/mol. The molecule has 0 saturated carbocycles. The van der Waals surface area contributed by atoms with Crippen molar-refractivity contribution in [3.63, 3.8) is 0 Å². The number of piperazine rings is 1. The van der Waals surface area contributed by atoms with Crippen LogP contribution in [0.4, 0.5) is 0 Å². The van der Waals surface area contributed by atoms with Crippen LogP contribution in [0.15, 0.2) is 23.1 Å². The van der Waals surface area contributed by atoms with E-state index in [-0.39, 0.29) is 0 Å². The summed E-state index contributed by atoms with van der Waals surface area (Å²) < 4.78 is 0. The first-order chi connectivity index (χ1) is 7.79. The molecular weight excluding hydrogens is 216 g/mol. The maximum Gasteiger partial charge on any atom is 0.0246 e. The molecule has 0 amide bonds. The van der Waals surface area contributed by atoms with Crippen molar-refractivity contribution >= 4 is 11.8 Å². The quantitative estimate of drug-likeness (QED) is 0.809. The van der Waals surface area contributed by atoms with Crippen molar-refractivity contribution in [1.29, 1.82) is 0 Å². The van der Waals surface area contributed by atoms with Gasteiger partial charge in [-0.05, 0) is 24.8 Å². The van der Waals surface area contributed by atoms with Crippen molar-refractivity contribution in [2.45, 2.75) is 18.4 Å². The maximum atomic E-state index is 3.39. The van der Waals surface area contributed by atoms with Crippen molar-refractivity contribution in [2.75, 3.05) is 32.4 Å². The standard InChI is InChI=1S/C13H20N2S/c1-11-3-4-13(16-2)12(9-11)10-15-7-5-14-6-8-15/h3-4,9,14H,5-8,10H2,1-2H3. The van der Waals surface area contributed by atoms with Gasteiger partial charge in [0.05, 0.1) is 0 Å². The van der Waals surface area contributed by atoms with Gasteiger partial charge < -0.3 is 5.32 Å². The zero-order chi connectivity index (χ0) is 11.4. The Kier molecular flexibility index (Phi) is 4.27. The van der Waals surface area contributed by atoms with Crippen LogP contribution in [-0.4, -0.2) is 37.3 Å². The molecule has 0 radical (unpaired) electrons. The van der Waals surface area contributed by atoms with Crippen molar-refractivity contribution in [1.82, 2.24) is 10.2 Å². The Bertz CT molecular complexity index is 346. The minimum absolute atomic E-state index is 1.10. The summed E-state index contributed by atoms with van der Waals surface area (Å²) in [5.41, 5.74) is 2.84. The van der Waals surface area contributed by atoms with Crippen LogP contribution >= 0.6 is 11.8 Å². The molecule has 3 heteroatoms. The lowest BCUT2D eigenvalue weighted by molar-refractivity contribution is 0.232. The Hall–Kier alpha value is -0.510. The molecule has 88 valence electrons. The van der Waals surface area contributed by atoms with Crippen LogP contribution in [0.5, 0.6) is 0 Å². The monoisotopic (exact) mass is 236 g/mol. The van der Waals surface area contributed by atoms with Gasteiger partial charge in [0, 0.05) is 37.6 Å². The fourth-order valence-corrected chi connectivity index (χ4v) is 2.73. The van der Waals surface area contributed by atoms with Crippen molar-refractivity contribution in [3.8, 4) is 0 Å². The summed E-state index contributed by atoms with van der Waals surface area (Å²) in [4.78, 5) is 3.95. The summed E-state index contributed by atoms with van der Waals surface area (Å²) in [6.45, 7) is 7.86. The lowest BCUT2D eigenvalue weighted by Gasteiger charge is -2.28. The molecule has 1 saturated heterocycles. The normalized spacial score (nSPS) is 17.6. The molecule has 1 aliphatic heterocycles. The zero-order valence-corrected chi connectivity index (χ0v) is 10.9. The molecule has 1 aromatic carbocycles. The Balaban J connectivity index is 2.09. The molecule has 1 fully saturated rings. The van der Waals surface area contributed by atoms with Crippen LogP contribution in [-0.2, 0) is 6.54 Å². The van der Waals surface area contributed by atoms with Gasteiger partial charge in [0.15, 0.2) is 0 Å². The average Bonchev–Trinajstić information content (AvgIpc) is 2.31. The molecule has 0 aliphatic carbocycles. The molecule has 2 rings (SSSR count).